The van der Waals surface area contributed by atoms with Crippen LogP contribution in [0.2, 0.25) is 0 Å². The zero-order valence-corrected chi connectivity index (χ0v) is 9.36. The zero-order valence-electron chi connectivity index (χ0n) is 9.36. The van der Waals surface area contributed by atoms with Crippen LogP contribution >= 0.6 is 0 Å². The van der Waals surface area contributed by atoms with E-state index in [1.54, 1.807) is 12.2 Å². The van der Waals surface area contributed by atoms with Gasteiger partial charge in [0.25, 0.3) is 0 Å². The lowest BCUT2D eigenvalue weighted by atomic mass is 10.1. The molecule has 0 aliphatic carbocycles. The maximum atomic E-state index is 11.6. The number of carbonyl (C=O) groups is 1. The van der Waals surface area contributed by atoms with Crippen molar-refractivity contribution in [3.8, 4) is 0 Å². The predicted molar refractivity (Wildman–Crippen MR) is 63.5 cm³/mol. The van der Waals surface area contributed by atoms with Gasteiger partial charge in [-0.15, -0.1) is 0 Å². The molecule has 0 unspecified atom stereocenters. The first-order chi connectivity index (χ1) is 7.34. The topological polar surface area (TPSA) is 20.3 Å². The summed E-state index contributed by atoms with van der Waals surface area (Å²) in [5.41, 5.74) is 0. The maximum absolute atomic E-state index is 11.6. The van der Waals surface area contributed by atoms with Crippen LogP contribution in [-0.4, -0.2) is 23.9 Å². The average molecular weight is 205 g/mol. The molecule has 2 nitrogen and oxygen atoms in total. The molecule has 2 heteroatoms. The van der Waals surface area contributed by atoms with Crippen LogP contribution in [0.15, 0.2) is 36.5 Å². The normalized spacial score (nSPS) is 18.3. The van der Waals surface area contributed by atoms with Gasteiger partial charge in [-0.05, 0) is 26.2 Å². The second-order valence-corrected chi connectivity index (χ2v) is 3.66. The van der Waals surface area contributed by atoms with Crippen molar-refractivity contribution in [3.05, 3.63) is 36.5 Å². The van der Waals surface area contributed by atoms with Gasteiger partial charge in [-0.1, -0.05) is 30.4 Å². The Morgan fingerprint density at radius 1 is 1.00 bits per heavy atom. The van der Waals surface area contributed by atoms with Crippen LogP contribution in [0.1, 0.15) is 26.2 Å². The molecule has 0 bridgehead atoms. The average Bonchev–Trinajstić information content (AvgIpc) is 2.30. The molecule has 0 atom stereocenters. The molecule has 0 N–H and O–H groups in total. The molecule has 0 aromatic heterocycles. The lowest BCUT2D eigenvalue weighted by Crippen LogP contribution is -2.34. The van der Waals surface area contributed by atoms with Crippen LogP contribution in [0.5, 0.6) is 0 Å². The molecular formula is C13H19NO. The third-order valence-corrected chi connectivity index (χ3v) is 2.43. The minimum Gasteiger partial charge on any atom is -0.339 e. The van der Waals surface area contributed by atoms with E-state index < -0.39 is 0 Å². The fourth-order valence-electron chi connectivity index (χ4n) is 1.60. The Labute approximate surface area is 92.0 Å². The summed E-state index contributed by atoms with van der Waals surface area (Å²) in [5.74, 6) is 0.139. The number of carbonyl (C=O) groups excluding carboxylic acids is 1. The van der Waals surface area contributed by atoms with E-state index in [1.807, 2.05) is 36.1 Å². The Morgan fingerprint density at radius 3 is 2.33 bits per heavy atom. The molecule has 1 rings (SSSR count). The maximum Gasteiger partial charge on any atom is 0.246 e. The summed E-state index contributed by atoms with van der Waals surface area (Å²) in [6.07, 6.45) is 14.7. The van der Waals surface area contributed by atoms with Crippen molar-refractivity contribution < 1.29 is 4.79 Å². The van der Waals surface area contributed by atoms with Gasteiger partial charge in [0, 0.05) is 19.2 Å². The summed E-state index contributed by atoms with van der Waals surface area (Å²) in [4.78, 5) is 13.5. The Bertz CT molecular complexity index is 270. The second kappa shape index (κ2) is 7.04. The Balaban J connectivity index is 2.33. The lowest BCUT2D eigenvalue weighted by Gasteiger charge is -2.25. The van der Waals surface area contributed by atoms with Crippen molar-refractivity contribution >= 4 is 5.91 Å². The van der Waals surface area contributed by atoms with Crippen LogP contribution in [-0.2, 0) is 4.79 Å². The zero-order chi connectivity index (χ0) is 10.9. The van der Waals surface area contributed by atoms with E-state index in [2.05, 4.69) is 0 Å². The van der Waals surface area contributed by atoms with Gasteiger partial charge in [0.05, 0.1) is 0 Å². The van der Waals surface area contributed by atoms with E-state index in [0.29, 0.717) is 0 Å². The molecule has 0 aromatic carbocycles. The largest absolute Gasteiger partial charge is 0.339 e. The first kappa shape index (κ1) is 11.8. The summed E-state index contributed by atoms with van der Waals surface area (Å²) in [6.45, 7) is 3.80. The number of allylic oxidation sites excluding steroid dienone is 5. The van der Waals surface area contributed by atoms with Crippen LogP contribution in [0, 0.1) is 0 Å². The van der Waals surface area contributed by atoms with Gasteiger partial charge in [-0.25, -0.2) is 0 Å². The molecule has 1 aliphatic heterocycles. The third-order valence-electron chi connectivity index (χ3n) is 2.43. The predicted octanol–water partition coefficient (Wildman–Crippen LogP) is 2.69. The Hall–Kier alpha value is -1.31. The molecule has 1 saturated heterocycles. The van der Waals surface area contributed by atoms with Crippen molar-refractivity contribution in [2.24, 2.45) is 0 Å². The van der Waals surface area contributed by atoms with Crippen molar-refractivity contribution in [2.75, 3.05) is 13.1 Å². The molecule has 15 heavy (non-hydrogen) atoms. The number of hydrogen-bond donors (Lipinski definition) is 0. The number of nitrogens with zero attached hydrogens (tertiary/aromatic N) is 1. The van der Waals surface area contributed by atoms with E-state index in [9.17, 15) is 4.79 Å². The molecule has 0 aromatic rings. The van der Waals surface area contributed by atoms with Crippen molar-refractivity contribution in [2.45, 2.75) is 26.2 Å². The van der Waals surface area contributed by atoms with E-state index in [-0.39, 0.29) is 5.91 Å². The van der Waals surface area contributed by atoms with Crippen LogP contribution < -0.4 is 0 Å². The van der Waals surface area contributed by atoms with E-state index >= 15 is 0 Å². The minimum atomic E-state index is 0.139. The van der Waals surface area contributed by atoms with Gasteiger partial charge in [0.2, 0.25) is 5.91 Å². The van der Waals surface area contributed by atoms with Crippen LogP contribution in [0.25, 0.3) is 0 Å². The fourth-order valence-corrected chi connectivity index (χ4v) is 1.60. The summed E-state index contributed by atoms with van der Waals surface area (Å²) in [6, 6.07) is 0. The molecule has 1 amide bonds. The lowest BCUT2D eigenvalue weighted by molar-refractivity contribution is -0.126. The molecule has 1 aliphatic rings. The number of amides is 1. The first-order valence-electron chi connectivity index (χ1n) is 5.59. The molecule has 1 fully saturated rings. The molecule has 0 spiro atoms. The summed E-state index contributed by atoms with van der Waals surface area (Å²) in [5, 5.41) is 0. The van der Waals surface area contributed by atoms with Crippen LogP contribution in [0.3, 0.4) is 0 Å². The van der Waals surface area contributed by atoms with Crippen molar-refractivity contribution in [3.63, 3.8) is 0 Å². The molecule has 0 saturated carbocycles. The quantitative estimate of drug-likeness (QED) is 0.512. The van der Waals surface area contributed by atoms with E-state index in [0.717, 1.165) is 25.9 Å². The minimum absolute atomic E-state index is 0.139. The molecule has 82 valence electrons. The molecular weight excluding hydrogens is 186 g/mol. The van der Waals surface area contributed by atoms with Gasteiger partial charge >= 0.3 is 0 Å². The van der Waals surface area contributed by atoms with E-state index in [1.165, 1.54) is 6.42 Å². The van der Waals surface area contributed by atoms with E-state index in [4.69, 9.17) is 0 Å². The van der Waals surface area contributed by atoms with Gasteiger partial charge in [0.15, 0.2) is 0 Å². The van der Waals surface area contributed by atoms with Crippen molar-refractivity contribution in [1.82, 2.24) is 4.90 Å². The molecule has 1 heterocycles. The number of rotatable bonds is 3. The number of hydrogen-bond acceptors (Lipinski definition) is 1. The second-order valence-electron chi connectivity index (χ2n) is 3.66. The SMILES string of the molecule is C/C=C/C=C/C=C/C(=O)N1CCCCC1. The van der Waals surface area contributed by atoms with Crippen molar-refractivity contribution in [1.29, 1.82) is 0 Å². The summed E-state index contributed by atoms with van der Waals surface area (Å²) in [7, 11) is 0. The first-order valence-corrected chi connectivity index (χ1v) is 5.59. The van der Waals surface area contributed by atoms with Gasteiger partial charge in [0.1, 0.15) is 0 Å². The highest BCUT2D eigenvalue weighted by molar-refractivity contribution is 5.87. The third kappa shape index (κ3) is 4.63. The highest BCUT2D eigenvalue weighted by Crippen LogP contribution is 2.08. The van der Waals surface area contributed by atoms with Gasteiger partial charge < -0.3 is 4.90 Å². The summed E-state index contributed by atoms with van der Waals surface area (Å²) < 4.78 is 0. The highest BCUT2D eigenvalue weighted by Gasteiger charge is 2.12. The smallest absolute Gasteiger partial charge is 0.246 e. The monoisotopic (exact) mass is 205 g/mol. The van der Waals surface area contributed by atoms with Gasteiger partial charge in [-0.3, -0.25) is 4.79 Å². The van der Waals surface area contributed by atoms with Crippen LogP contribution in [0.4, 0.5) is 0 Å². The molecule has 0 radical (unpaired) electrons. The highest BCUT2D eigenvalue weighted by atomic mass is 16.2. The Kier molecular flexibility index (Phi) is 5.52. The van der Waals surface area contributed by atoms with Gasteiger partial charge in [-0.2, -0.15) is 0 Å². The fraction of sp³-hybridized carbons (Fsp3) is 0.462. The Morgan fingerprint density at radius 2 is 1.67 bits per heavy atom. The summed E-state index contributed by atoms with van der Waals surface area (Å²) >= 11 is 0. The number of piperidine rings is 1. The standard InChI is InChI=1S/C13H19NO/c1-2-3-4-5-7-10-13(15)14-11-8-6-9-12-14/h2-5,7,10H,6,8-9,11-12H2,1H3/b3-2+,5-4+,10-7+. The number of likely N-dealkylation sites (tertiary alicyclic amines) is 1.